The number of likely N-dealkylation sites (N-methyl/N-ethyl adjacent to an activating group) is 1. The van der Waals surface area contributed by atoms with Crippen LogP contribution >= 0.6 is 0 Å². The van der Waals surface area contributed by atoms with Crippen LogP contribution in [0.25, 0.3) is 0 Å². The minimum atomic E-state index is -0.615. The van der Waals surface area contributed by atoms with Crippen molar-refractivity contribution in [2.75, 3.05) is 20.2 Å². The average molecular weight is 298 g/mol. The molecule has 0 fully saturated rings. The van der Waals surface area contributed by atoms with Gasteiger partial charge < -0.3 is 15.0 Å². The zero-order valence-corrected chi connectivity index (χ0v) is 13.7. The highest BCUT2D eigenvalue weighted by Gasteiger charge is 2.32. The molecule has 6 heteroatoms. The fraction of sp³-hybridized carbons (Fsp3) is 0.667. The van der Waals surface area contributed by atoms with Crippen LogP contribution < -0.4 is 5.32 Å². The Balaban J connectivity index is 4.80. The lowest BCUT2D eigenvalue weighted by Crippen LogP contribution is -2.51. The Morgan fingerprint density at radius 2 is 1.90 bits per heavy atom. The molecular formula is C15H26N2O4. The number of carbonyl (C=O) groups is 3. The van der Waals surface area contributed by atoms with Gasteiger partial charge in [-0.25, -0.2) is 4.79 Å². The van der Waals surface area contributed by atoms with E-state index in [9.17, 15) is 14.4 Å². The molecule has 1 unspecified atom stereocenters. The van der Waals surface area contributed by atoms with Crippen molar-refractivity contribution >= 4 is 18.3 Å². The van der Waals surface area contributed by atoms with E-state index in [0.717, 1.165) is 0 Å². The van der Waals surface area contributed by atoms with Gasteiger partial charge in [0.15, 0.2) is 0 Å². The van der Waals surface area contributed by atoms with E-state index in [0.29, 0.717) is 18.6 Å². The molecule has 0 aromatic rings. The number of esters is 1. The molecule has 0 aliphatic rings. The largest absolute Gasteiger partial charge is 0.463 e. The highest BCUT2D eigenvalue weighted by Crippen LogP contribution is 2.20. The Morgan fingerprint density at radius 1 is 1.33 bits per heavy atom. The topological polar surface area (TPSA) is 75.7 Å². The lowest BCUT2D eigenvalue weighted by molar-refractivity contribution is -0.138. The lowest BCUT2D eigenvalue weighted by atomic mass is 9.86. The van der Waals surface area contributed by atoms with Gasteiger partial charge >= 0.3 is 5.97 Å². The highest BCUT2D eigenvalue weighted by atomic mass is 16.5. The van der Waals surface area contributed by atoms with Gasteiger partial charge in [0.1, 0.15) is 6.04 Å². The number of nitrogens with one attached hydrogen (secondary N) is 1. The molecular weight excluding hydrogens is 272 g/mol. The van der Waals surface area contributed by atoms with E-state index in [1.165, 1.54) is 4.90 Å². The standard InChI is InChI=1S/C15H26N2O4/c1-7-21-14(20)11(2)8-9-17(6)13(19)12(16-10-18)15(3,4)5/h8,10,12H,7,9H2,1-6H3,(H,16,18)/b11-8+. The molecule has 0 aromatic heterocycles. The van der Waals surface area contributed by atoms with Crippen molar-refractivity contribution in [3.8, 4) is 0 Å². The first kappa shape index (κ1) is 19.1. The first-order chi connectivity index (χ1) is 9.65. The Hall–Kier alpha value is -1.85. The monoisotopic (exact) mass is 298 g/mol. The molecule has 0 bridgehead atoms. The van der Waals surface area contributed by atoms with E-state index in [4.69, 9.17) is 4.74 Å². The minimum absolute atomic E-state index is 0.206. The van der Waals surface area contributed by atoms with Crippen LogP contribution in [0.1, 0.15) is 34.6 Å². The van der Waals surface area contributed by atoms with Crippen LogP contribution in [-0.4, -0.2) is 49.4 Å². The van der Waals surface area contributed by atoms with Crippen LogP contribution in [-0.2, 0) is 19.1 Å². The predicted molar refractivity (Wildman–Crippen MR) is 80.5 cm³/mol. The van der Waals surface area contributed by atoms with Crippen LogP contribution in [0.2, 0.25) is 0 Å². The van der Waals surface area contributed by atoms with Crippen LogP contribution in [0.15, 0.2) is 11.6 Å². The third-order valence-corrected chi connectivity index (χ3v) is 2.99. The summed E-state index contributed by atoms with van der Waals surface area (Å²) in [5.41, 5.74) is 0.0544. The molecule has 0 aliphatic heterocycles. The van der Waals surface area contributed by atoms with E-state index >= 15 is 0 Å². The molecule has 0 rings (SSSR count). The van der Waals surface area contributed by atoms with Crippen LogP contribution in [0.5, 0.6) is 0 Å². The van der Waals surface area contributed by atoms with Crippen molar-refractivity contribution in [1.29, 1.82) is 0 Å². The summed E-state index contributed by atoms with van der Waals surface area (Å²) in [6.07, 6.45) is 2.16. The van der Waals surface area contributed by atoms with Gasteiger partial charge in [0.05, 0.1) is 6.61 Å². The molecule has 120 valence electrons. The number of ether oxygens (including phenoxy) is 1. The van der Waals surface area contributed by atoms with E-state index in [2.05, 4.69) is 5.32 Å². The van der Waals surface area contributed by atoms with E-state index in [1.807, 2.05) is 20.8 Å². The second-order valence-electron chi connectivity index (χ2n) is 5.91. The molecule has 21 heavy (non-hydrogen) atoms. The van der Waals surface area contributed by atoms with Gasteiger partial charge in [0.2, 0.25) is 12.3 Å². The quantitative estimate of drug-likeness (QED) is 0.434. The first-order valence-corrected chi connectivity index (χ1v) is 6.93. The summed E-state index contributed by atoms with van der Waals surface area (Å²) in [6.45, 7) is 9.59. The number of hydrogen-bond donors (Lipinski definition) is 1. The maximum absolute atomic E-state index is 12.3. The van der Waals surface area contributed by atoms with Crippen molar-refractivity contribution in [3.63, 3.8) is 0 Å². The van der Waals surface area contributed by atoms with Gasteiger partial charge in [-0.2, -0.15) is 0 Å². The SMILES string of the molecule is CCOC(=O)/C(C)=C/CN(C)C(=O)C(NC=O)C(C)(C)C. The molecule has 0 heterocycles. The fourth-order valence-electron chi connectivity index (χ4n) is 1.67. The molecule has 0 saturated heterocycles. The normalized spacial score (nSPS) is 13.3. The molecule has 0 saturated carbocycles. The summed E-state index contributed by atoms with van der Waals surface area (Å²) in [7, 11) is 1.63. The Kier molecular flexibility index (Phi) is 7.70. The molecule has 0 aliphatic carbocycles. The smallest absolute Gasteiger partial charge is 0.333 e. The number of carbonyl (C=O) groups excluding carboxylic acids is 3. The van der Waals surface area contributed by atoms with Gasteiger partial charge in [0, 0.05) is 19.2 Å². The Morgan fingerprint density at radius 3 is 2.33 bits per heavy atom. The summed E-state index contributed by atoms with van der Waals surface area (Å²) in [6, 6.07) is -0.615. The molecule has 6 nitrogen and oxygen atoms in total. The third-order valence-electron chi connectivity index (χ3n) is 2.99. The number of nitrogens with zero attached hydrogens (tertiary/aromatic N) is 1. The summed E-state index contributed by atoms with van der Waals surface area (Å²) in [4.78, 5) is 35.9. The predicted octanol–water partition coefficient (Wildman–Crippen LogP) is 1.11. The van der Waals surface area contributed by atoms with Gasteiger partial charge in [-0.15, -0.1) is 0 Å². The zero-order chi connectivity index (χ0) is 16.6. The van der Waals surface area contributed by atoms with E-state index in [-0.39, 0.29) is 12.5 Å². The van der Waals surface area contributed by atoms with Crippen molar-refractivity contribution in [2.24, 2.45) is 5.41 Å². The maximum Gasteiger partial charge on any atom is 0.333 e. The minimum Gasteiger partial charge on any atom is -0.463 e. The molecule has 2 amide bonds. The van der Waals surface area contributed by atoms with Gasteiger partial charge in [-0.1, -0.05) is 26.8 Å². The van der Waals surface area contributed by atoms with Crippen LogP contribution in [0.4, 0.5) is 0 Å². The summed E-state index contributed by atoms with van der Waals surface area (Å²) < 4.78 is 4.87. The first-order valence-electron chi connectivity index (χ1n) is 6.93. The van der Waals surface area contributed by atoms with E-state index < -0.39 is 17.4 Å². The van der Waals surface area contributed by atoms with Crippen molar-refractivity contribution in [3.05, 3.63) is 11.6 Å². The Bertz CT molecular complexity index is 410. The average Bonchev–Trinajstić information content (AvgIpc) is 2.39. The van der Waals surface area contributed by atoms with Crippen molar-refractivity contribution in [2.45, 2.75) is 40.7 Å². The summed E-state index contributed by atoms with van der Waals surface area (Å²) >= 11 is 0. The van der Waals surface area contributed by atoms with Gasteiger partial charge in [0.25, 0.3) is 0 Å². The van der Waals surface area contributed by atoms with Crippen molar-refractivity contribution in [1.82, 2.24) is 10.2 Å². The van der Waals surface area contributed by atoms with Crippen molar-refractivity contribution < 1.29 is 19.1 Å². The maximum atomic E-state index is 12.3. The molecule has 0 spiro atoms. The number of hydrogen-bond acceptors (Lipinski definition) is 4. The fourth-order valence-corrected chi connectivity index (χ4v) is 1.67. The molecule has 1 N–H and O–H groups in total. The Labute approximate surface area is 126 Å². The van der Waals surface area contributed by atoms with Gasteiger partial charge in [-0.05, 0) is 19.3 Å². The number of rotatable bonds is 7. The second-order valence-corrected chi connectivity index (χ2v) is 5.91. The highest BCUT2D eigenvalue weighted by molar-refractivity contribution is 5.88. The second kappa shape index (κ2) is 8.44. The number of amides is 2. The van der Waals surface area contributed by atoms with Crippen LogP contribution in [0.3, 0.4) is 0 Å². The van der Waals surface area contributed by atoms with E-state index in [1.54, 1.807) is 27.0 Å². The molecule has 0 radical (unpaired) electrons. The van der Waals surface area contributed by atoms with Crippen LogP contribution in [0, 0.1) is 5.41 Å². The molecule has 1 atom stereocenters. The summed E-state index contributed by atoms with van der Waals surface area (Å²) in [5, 5.41) is 2.55. The van der Waals surface area contributed by atoms with Gasteiger partial charge in [-0.3, -0.25) is 9.59 Å². The molecule has 0 aromatic carbocycles. The summed E-state index contributed by atoms with van der Waals surface area (Å²) in [5.74, 6) is -0.598. The lowest BCUT2D eigenvalue weighted by Gasteiger charge is -2.32. The zero-order valence-electron chi connectivity index (χ0n) is 13.7. The third kappa shape index (κ3) is 6.42.